The first-order chi connectivity index (χ1) is 14.9. The maximum atomic E-state index is 13.4. The smallest absolute Gasteiger partial charge is 0.267 e. The lowest BCUT2D eigenvalue weighted by Crippen LogP contribution is -2.40. The Hall–Kier alpha value is -2.23. The molecule has 9 heteroatoms. The van der Waals surface area contributed by atoms with Crippen molar-refractivity contribution in [2.75, 3.05) is 38.3 Å². The van der Waals surface area contributed by atoms with Crippen molar-refractivity contribution < 1.29 is 9.53 Å². The van der Waals surface area contributed by atoms with Crippen LogP contribution in [-0.2, 0) is 9.53 Å². The third kappa shape index (κ3) is 4.40. The molecule has 0 spiro atoms. The molecule has 2 aromatic rings. The summed E-state index contributed by atoms with van der Waals surface area (Å²) in [4.78, 5) is 35.4. The first kappa shape index (κ1) is 22.0. The zero-order chi connectivity index (χ0) is 22.1. The maximum Gasteiger partial charge on any atom is 0.267 e. The lowest BCUT2D eigenvalue weighted by atomic mass is 9.91. The van der Waals surface area contributed by atoms with Crippen molar-refractivity contribution in [2.24, 2.45) is 11.8 Å². The Kier molecular flexibility index (Phi) is 6.45. The summed E-state index contributed by atoms with van der Waals surface area (Å²) in [6.07, 6.45) is 4.52. The number of hydrogen-bond donors (Lipinski definition) is 0. The molecule has 2 saturated heterocycles. The van der Waals surface area contributed by atoms with Crippen LogP contribution in [0.3, 0.4) is 0 Å². The van der Waals surface area contributed by atoms with Crippen LogP contribution in [0.4, 0.5) is 5.82 Å². The minimum absolute atomic E-state index is 0.186. The van der Waals surface area contributed by atoms with Crippen LogP contribution in [0.1, 0.15) is 25.8 Å². The monoisotopic (exact) mass is 458 g/mol. The number of thioether (sulfide) groups is 1. The van der Waals surface area contributed by atoms with E-state index in [1.165, 1.54) is 21.1 Å². The van der Waals surface area contributed by atoms with Crippen LogP contribution in [0.2, 0.25) is 0 Å². The van der Waals surface area contributed by atoms with Gasteiger partial charge in [-0.2, -0.15) is 0 Å². The van der Waals surface area contributed by atoms with Crippen molar-refractivity contribution in [2.45, 2.75) is 20.3 Å². The summed E-state index contributed by atoms with van der Waals surface area (Å²) in [6.45, 7) is 6.88. The van der Waals surface area contributed by atoms with Crippen molar-refractivity contribution in [1.29, 1.82) is 0 Å². The van der Waals surface area contributed by atoms with Crippen LogP contribution < -0.4 is 10.5 Å². The van der Waals surface area contributed by atoms with Crippen LogP contribution in [0, 0.1) is 11.8 Å². The van der Waals surface area contributed by atoms with Crippen molar-refractivity contribution in [3.8, 4) is 0 Å². The molecule has 4 rings (SSSR count). The van der Waals surface area contributed by atoms with Crippen LogP contribution in [0.15, 0.2) is 34.1 Å². The fourth-order valence-electron chi connectivity index (χ4n) is 4.30. The van der Waals surface area contributed by atoms with Gasteiger partial charge in [0.25, 0.3) is 11.5 Å². The van der Waals surface area contributed by atoms with Gasteiger partial charge in [-0.05, 0) is 36.5 Å². The van der Waals surface area contributed by atoms with Gasteiger partial charge in [0.15, 0.2) is 0 Å². The summed E-state index contributed by atoms with van der Waals surface area (Å²) in [5.74, 6) is 1.44. The van der Waals surface area contributed by atoms with Crippen LogP contribution in [0.5, 0.6) is 0 Å². The van der Waals surface area contributed by atoms with E-state index in [0.717, 1.165) is 19.5 Å². The van der Waals surface area contributed by atoms with E-state index in [2.05, 4.69) is 18.7 Å². The summed E-state index contributed by atoms with van der Waals surface area (Å²) in [5, 5.41) is 0. The van der Waals surface area contributed by atoms with Crippen molar-refractivity contribution in [3.05, 3.63) is 45.2 Å². The molecule has 2 aliphatic heterocycles. The minimum Gasteiger partial charge on any atom is -0.383 e. The van der Waals surface area contributed by atoms with E-state index < -0.39 is 0 Å². The maximum absolute atomic E-state index is 13.4. The Balaban J connectivity index is 1.82. The van der Waals surface area contributed by atoms with Crippen molar-refractivity contribution >= 4 is 51.7 Å². The number of thiocarbonyl (C=S) groups is 1. The number of anilines is 1. The zero-order valence-electron chi connectivity index (χ0n) is 17.9. The SMILES string of the molecule is COCCN1C(=O)/C(=C/c2c(N3C[C@H](C)C[C@@H](C)C3)nc3ccccn3c2=O)SC1=S. The Morgan fingerprint density at radius 2 is 2.00 bits per heavy atom. The van der Waals surface area contributed by atoms with E-state index in [4.69, 9.17) is 21.9 Å². The van der Waals surface area contributed by atoms with Gasteiger partial charge >= 0.3 is 0 Å². The Morgan fingerprint density at radius 3 is 2.71 bits per heavy atom. The first-order valence-corrected chi connectivity index (χ1v) is 11.6. The summed E-state index contributed by atoms with van der Waals surface area (Å²) < 4.78 is 7.09. The molecule has 0 aromatic carbocycles. The molecule has 2 fully saturated rings. The van der Waals surface area contributed by atoms with Gasteiger partial charge in [-0.25, -0.2) is 4.98 Å². The number of aromatic nitrogens is 2. The van der Waals surface area contributed by atoms with E-state index in [1.807, 2.05) is 12.1 Å². The number of carbonyl (C=O) groups is 1. The highest BCUT2D eigenvalue weighted by molar-refractivity contribution is 8.26. The molecule has 0 aliphatic carbocycles. The molecule has 164 valence electrons. The molecule has 0 radical (unpaired) electrons. The van der Waals surface area contributed by atoms with E-state index >= 15 is 0 Å². The normalized spacial score (nSPS) is 23.4. The van der Waals surface area contributed by atoms with Gasteiger partial charge in [-0.15, -0.1) is 0 Å². The second kappa shape index (κ2) is 9.10. The Bertz CT molecular complexity index is 1100. The van der Waals surface area contributed by atoms with Gasteiger partial charge in [0.1, 0.15) is 15.8 Å². The van der Waals surface area contributed by atoms with Gasteiger partial charge in [-0.1, -0.05) is 43.9 Å². The zero-order valence-corrected chi connectivity index (χ0v) is 19.5. The number of ether oxygens (including phenoxy) is 1. The lowest BCUT2D eigenvalue weighted by molar-refractivity contribution is -0.122. The van der Waals surface area contributed by atoms with Gasteiger partial charge in [0, 0.05) is 26.4 Å². The molecule has 7 nitrogen and oxygen atoms in total. The third-order valence-corrected chi connectivity index (χ3v) is 6.96. The van der Waals surface area contributed by atoms with Crippen molar-refractivity contribution in [3.63, 3.8) is 0 Å². The Labute approximate surface area is 191 Å². The summed E-state index contributed by atoms with van der Waals surface area (Å²) >= 11 is 6.60. The molecule has 4 heterocycles. The van der Waals surface area contributed by atoms with Gasteiger partial charge in [0.05, 0.1) is 23.6 Å². The Morgan fingerprint density at radius 1 is 1.26 bits per heavy atom. The molecule has 0 unspecified atom stereocenters. The predicted octanol–water partition coefficient (Wildman–Crippen LogP) is 3.02. The number of rotatable bonds is 5. The molecule has 31 heavy (non-hydrogen) atoms. The predicted molar refractivity (Wildman–Crippen MR) is 128 cm³/mol. The van der Waals surface area contributed by atoms with Crippen LogP contribution in [-0.4, -0.2) is 57.9 Å². The number of carbonyl (C=O) groups excluding carboxylic acids is 1. The second-order valence-corrected chi connectivity index (χ2v) is 9.94. The largest absolute Gasteiger partial charge is 0.383 e. The molecular weight excluding hydrogens is 432 g/mol. The molecule has 2 atom stereocenters. The first-order valence-electron chi connectivity index (χ1n) is 10.4. The number of methoxy groups -OCH3 is 1. The summed E-state index contributed by atoms with van der Waals surface area (Å²) in [6, 6.07) is 5.50. The highest BCUT2D eigenvalue weighted by Crippen LogP contribution is 2.34. The molecule has 0 bridgehead atoms. The van der Waals surface area contributed by atoms with Gasteiger partial charge in [-0.3, -0.25) is 18.9 Å². The van der Waals surface area contributed by atoms with E-state index in [9.17, 15) is 9.59 Å². The van der Waals surface area contributed by atoms with E-state index in [0.29, 0.717) is 51.2 Å². The average molecular weight is 459 g/mol. The summed E-state index contributed by atoms with van der Waals surface area (Å²) in [7, 11) is 1.59. The highest BCUT2D eigenvalue weighted by atomic mass is 32.2. The van der Waals surface area contributed by atoms with Gasteiger partial charge < -0.3 is 9.64 Å². The van der Waals surface area contributed by atoms with E-state index in [1.54, 1.807) is 25.4 Å². The lowest BCUT2D eigenvalue weighted by Gasteiger charge is -2.36. The van der Waals surface area contributed by atoms with Crippen LogP contribution in [0.25, 0.3) is 11.7 Å². The molecule has 2 aromatic heterocycles. The van der Waals surface area contributed by atoms with Crippen LogP contribution >= 0.6 is 24.0 Å². The number of nitrogens with zero attached hydrogens (tertiary/aromatic N) is 4. The second-order valence-electron chi connectivity index (χ2n) is 8.26. The van der Waals surface area contributed by atoms with Crippen molar-refractivity contribution in [1.82, 2.24) is 14.3 Å². The summed E-state index contributed by atoms with van der Waals surface area (Å²) in [5.41, 5.74) is 0.837. The fraction of sp³-hybridized carbons (Fsp3) is 0.455. The number of pyridine rings is 1. The third-order valence-electron chi connectivity index (χ3n) is 5.59. The highest BCUT2D eigenvalue weighted by Gasteiger charge is 2.33. The number of hydrogen-bond acceptors (Lipinski definition) is 7. The van der Waals surface area contributed by atoms with E-state index in [-0.39, 0.29) is 11.5 Å². The number of piperidine rings is 1. The topological polar surface area (TPSA) is 67.2 Å². The standard InChI is InChI=1S/C22H26N4O3S2/c1-14-10-15(2)13-24(12-14)19-16(20(27)25-7-5-4-6-18(25)23-19)11-17-21(28)26(8-9-29-3)22(30)31-17/h4-7,11,14-15H,8-10,12-13H2,1-3H3/b17-11-/t14-,15-/m1/s1. The number of fused-ring (bicyclic) bond motifs is 1. The molecule has 0 N–H and O–H groups in total. The number of amides is 1. The quantitative estimate of drug-likeness (QED) is 0.504. The average Bonchev–Trinajstić information content (AvgIpc) is 3.00. The molecular formula is C22H26N4O3S2. The molecule has 0 saturated carbocycles. The molecule has 2 aliphatic rings. The molecule has 1 amide bonds. The van der Waals surface area contributed by atoms with Gasteiger partial charge in [0.2, 0.25) is 0 Å². The minimum atomic E-state index is -0.198. The fourth-order valence-corrected chi connectivity index (χ4v) is 5.59.